The first-order chi connectivity index (χ1) is 17.7. The summed E-state index contributed by atoms with van der Waals surface area (Å²) in [5.74, 6) is 1.42. The highest BCUT2D eigenvalue weighted by Gasteiger charge is 2.38. The lowest BCUT2D eigenvalue weighted by Gasteiger charge is -2.38. The van der Waals surface area contributed by atoms with Gasteiger partial charge in [0.1, 0.15) is 5.75 Å². The fourth-order valence-electron chi connectivity index (χ4n) is 5.18. The number of aryl methyl sites for hydroxylation is 1. The van der Waals surface area contributed by atoms with E-state index in [4.69, 9.17) is 16.3 Å². The quantitative estimate of drug-likeness (QED) is 0.418. The average Bonchev–Trinajstić information content (AvgIpc) is 3.36. The number of halogens is 1. The van der Waals surface area contributed by atoms with Crippen molar-refractivity contribution in [1.29, 1.82) is 0 Å². The number of aromatic nitrogens is 5. The van der Waals surface area contributed by atoms with Crippen LogP contribution in [0.15, 0.2) is 47.3 Å². The number of piperazine rings is 1. The lowest BCUT2D eigenvalue weighted by atomic mass is 10.0. The number of quaternary nitrogens is 1. The minimum absolute atomic E-state index is 0.133. The highest BCUT2D eigenvalue weighted by atomic mass is 35.5. The van der Waals surface area contributed by atoms with Crippen LogP contribution in [0, 0.1) is 6.92 Å². The van der Waals surface area contributed by atoms with Crippen LogP contribution in [0.5, 0.6) is 5.75 Å². The molecular formula is C27H33ClN7O2+. The lowest BCUT2D eigenvalue weighted by Crippen LogP contribution is -3.15. The molecule has 5 rings (SSSR count). The molecule has 1 aliphatic rings. The Bertz CT molecular complexity index is 1480. The Balaban J connectivity index is 1.56. The van der Waals surface area contributed by atoms with Crippen molar-refractivity contribution in [2.24, 2.45) is 0 Å². The van der Waals surface area contributed by atoms with Gasteiger partial charge in [0.25, 0.3) is 5.56 Å². The minimum atomic E-state index is -0.344. The van der Waals surface area contributed by atoms with Crippen molar-refractivity contribution < 1.29 is 9.64 Å². The van der Waals surface area contributed by atoms with Gasteiger partial charge in [0.05, 0.1) is 44.4 Å². The predicted octanol–water partition coefficient (Wildman–Crippen LogP) is 2.73. The van der Waals surface area contributed by atoms with Gasteiger partial charge in [-0.2, -0.15) is 0 Å². The molecule has 0 aliphatic carbocycles. The number of hydrogen-bond acceptors (Lipinski definition) is 6. The van der Waals surface area contributed by atoms with E-state index in [1.165, 1.54) is 10.5 Å². The number of tetrazole rings is 1. The van der Waals surface area contributed by atoms with Crippen LogP contribution in [-0.2, 0) is 5.54 Å². The molecule has 10 heteroatoms. The van der Waals surface area contributed by atoms with Crippen molar-refractivity contribution in [2.75, 3.05) is 38.2 Å². The summed E-state index contributed by atoms with van der Waals surface area (Å²) in [7, 11) is 1.64. The second-order valence-electron chi connectivity index (χ2n) is 10.6. The van der Waals surface area contributed by atoms with Gasteiger partial charge < -0.3 is 19.5 Å². The molecule has 2 aromatic heterocycles. The monoisotopic (exact) mass is 522 g/mol. The number of hydrogen-bond donors (Lipinski definition) is 2. The maximum absolute atomic E-state index is 13.5. The maximum atomic E-state index is 13.5. The normalized spacial score (nSPS) is 15.8. The Morgan fingerprint density at radius 3 is 2.57 bits per heavy atom. The summed E-state index contributed by atoms with van der Waals surface area (Å²) in [6.07, 6.45) is 0. The summed E-state index contributed by atoms with van der Waals surface area (Å²) in [6.45, 7) is 11.6. The Labute approximate surface area is 221 Å². The third-order valence-electron chi connectivity index (χ3n) is 7.10. The van der Waals surface area contributed by atoms with Crippen molar-refractivity contribution in [2.45, 2.75) is 39.3 Å². The Morgan fingerprint density at radius 1 is 1.11 bits per heavy atom. The number of methoxy groups -OCH3 is 1. The number of benzene rings is 2. The zero-order valence-corrected chi connectivity index (χ0v) is 22.6. The third kappa shape index (κ3) is 4.93. The van der Waals surface area contributed by atoms with Crippen LogP contribution >= 0.6 is 11.6 Å². The zero-order valence-electron chi connectivity index (χ0n) is 21.9. The number of nitrogens with zero attached hydrogens (tertiary/aromatic N) is 5. The Kier molecular flexibility index (Phi) is 6.68. The van der Waals surface area contributed by atoms with E-state index in [-0.39, 0.29) is 17.1 Å². The minimum Gasteiger partial charge on any atom is -0.497 e. The smallest absolute Gasteiger partial charge is 0.258 e. The van der Waals surface area contributed by atoms with E-state index in [2.05, 4.69) is 59.2 Å². The summed E-state index contributed by atoms with van der Waals surface area (Å²) in [5, 5.41) is 14.4. The highest BCUT2D eigenvalue weighted by molar-refractivity contribution is 6.30. The van der Waals surface area contributed by atoms with Gasteiger partial charge in [0.2, 0.25) is 5.82 Å². The van der Waals surface area contributed by atoms with E-state index >= 15 is 0 Å². The molecule has 1 saturated heterocycles. The molecule has 9 nitrogen and oxygen atoms in total. The molecule has 1 fully saturated rings. The van der Waals surface area contributed by atoms with Gasteiger partial charge in [-0.15, -0.1) is 5.10 Å². The molecule has 0 saturated carbocycles. The van der Waals surface area contributed by atoms with Gasteiger partial charge >= 0.3 is 0 Å². The average molecular weight is 523 g/mol. The summed E-state index contributed by atoms with van der Waals surface area (Å²) in [4.78, 5) is 20.2. The third-order valence-corrected chi connectivity index (χ3v) is 7.34. The molecule has 194 valence electrons. The fraction of sp³-hybridized carbons (Fsp3) is 0.407. The number of rotatable bonds is 5. The van der Waals surface area contributed by atoms with Crippen LogP contribution in [0.3, 0.4) is 0 Å². The zero-order chi connectivity index (χ0) is 26.3. The van der Waals surface area contributed by atoms with Crippen LogP contribution in [0.25, 0.3) is 10.9 Å². The van der Waals surface area contributed by atoms with E-state index in [9.17, 15) is 4.79 Å². The molecule has 1 atom stereocenters. The van der Waals surface area contributed by atoms with Crippen LogP contribution in [0.1, 0.15) is 43.8 Å². The summed E-state index contributed by atoms with van der Waals surface area (Å²) < 4.78 is 7.27. The molecule has 2 N–H and O–H groups in total. The van der Waals surface area contributed by atoms with E-state index in [1.54, 1.807) is 7.11 Å². The number of nitrogens with one attached hydrogen (secondary N) is 2. The highest BCUT2D eigenvalue weighted by Crippen LogP contribution is 2.27. The van der Waals surface area contributed by atoms with Crippen molar-refractivity contribution in [3.05, 3.63) is 74.8 Å². The van der Waals surface area contributed by atoms with Gasteiger partial charge in [-0.25, -0.2) is 4.68 Å². The van der Waals surface area contributed by atoms with Gasteiger partial charge in [0, 0.05) is 21.6 Å². The molecular weight excluding hydrogens is 490 g/mol. The molecule has 37 heavy (non-hydrogen) atoms. The van der Waals surface area contributed by atoms with Gasteiger partial charge in [-0.3, -0.25) is 4.79 Å². The standard InChI is InChI=1S/C27H32ClN7O2/c1-17-6-7-19(28)16-23(17)33-10-12-34(13-11-33)24(25-30-31-32-35(25)27(2,3)4)21-15-18-14-20(37-5)8-9-22(18)29-26(21)36/h6-9,14-16,24H,10-13H2,1-5H3,(H,29,36)/p+1/t24-/m0/s1. The molecule has 0 radical (unpaired) electrons. The van der Waals surface area contributed by atoms with E-state index in [0.29, 0.717) is 11.4 Å². The first kappa shape index (κ1) is 25.2. The van der Waals surface area contributed by atoms with Crippen molar-refractivity contribution in [3.8, 4) is 5.75 Å². The van der Waals surface area contributed by atoms with E-state index in [0.717, 1.165) is 53.5 Å². The van der Waals surface area contributed by atoms with Crippen LogP contribution in [0.2, 0.25) is 5.02 Å². The van der Waals surface area contributed by atoms with Gasteiger partial charge in [-0.1, -0.05) is 17.7 Å². The number of H-pyrrole nitrogens is 1. The van der Waals surface area contributed by atoms with Crippen LogP contribution in [0.4, 0.5) is 5.69 Å². The second-order valence-corrected chi connectivity index (χ2v) is 11.1. The molecule has 0 bridgehead atoms. The first-order valence-corrected chi connectivity index (χ1v) is 12.9. The summed E-state index contributed by atoms with van der Waals surface area (Å²) in [6, 6.07) is 13.3. The molecule has 0 amide bonds. The SMILES string of the molecule is COc1ccc2[nH]c(=O)c([C@@H](c3nnnn3C(C)(C)C)[NH+]3CCN(c4cc(Cl)ccc4C)CC3)cc2c1. The topological polar surface area (TPSA) is 93.4 Å². The number of ether oxygens (including phenoxy) is 1. The summed E-state index contributed by atoms with van der Waals surface area (Å²) in [5.41, 5.74) is 3.28. The Morgan fingerprint density at radius 2 is 1.86 bits per heavy atom. The van der Waals surface area contributed by atoms with Gasteiger partial charge in [-0.05, 0) is 80.1 Å². The largest absolute Gasteiger partial charge is 0.497 e. The number of fused-ring (bicyclic) bond motifs is 1. The molecule has 2 aromatic carbocycles. The summed E-state index contributed by atoms with van der Waals surface area (Å²) >= 11 is 6.31. The molecule has 0 spiro atoms. The molecule has 1 aliphatic heterocycles. The number of pyridine rings is 1. The maximum Gasteiger partial charge on any atom is 0.258 e. The fourth-order valence-corrected chi connectivity index (χ4v) is 5.35. The number of anilines is 1. The van der Waals surface area contributed by atoms with Gasteiger partial charge in [0.15, 0.2) is 6.04 Å². The van der Waals surface area contributed by atoms with E-state index < -0.39 is 0 Å². The predicted molar refractivity (Wildman–Crippen MR) is 145 cm³/mol. The molecule has 4 aromatic rings. The lowest BCUT2D eigenvalue weighted by molar-refractivity contribution is -0.927. The molecule has 0 unspecified atom stereocenters. The molecule has 3 heterocycles. The van der Waals surface area contributed by atoms with E-state index in [1.807, 2.05) is 41.1 Å². The van der Waals surface area contributed by atoms with Crippen molar-refractivity contribution in [3.63, 3.8) is 0 Å². The van der Waals surface area contributed by atoms with Crippen LogP contribution < -0.4 is 20.1 Å². The van der Waals surface area contributed by atoms with Crippen molar-refractivity contribution in [1.82, 2.24) is 25.2 Å². The second kappa shape index (κ2) is 9.79. The Hall–Kier alpha value is -3.43. The first-order valence-electron chi connectivity index (χ1n) is 12.5. The van der Waals surface area contributed by atoms with Crippen LogP contribution in [-0.4, -0.2) is 58.5 Å². The number of aromatic amines is 1. The van der Waals surface area contributed by atoms with Crippen molar-refractivity contribution >= 4 is 28.2 Å².